The molecule has 2 nitrogen and oxygen atoms in total. The van der Waals surface area contributed by atoms with Crippen molar-refractivity contribution in [1.29, 1.82) is 0 Å². The van der Waals surface area contributed by atoms with Gasteiger partial charge in [0.05, 0.1) is 0 Å². The number of pyridine rings is 2. The van der Waals surface area contributed by atoms with E-state index in [9.17, 15) is 0 Å². The summed E-state index contributed by atoms with van der Waals surface area (Å²) in [5.74, 6) is 0. The van der Waals surface area contributed by atoms with Gasteiger partial charge in [-0.15, -0.1) is 0 Å². The smallest absolute Gasteiger partial charge is 0.0274 e. The van der Waals surface area contributed by atoms with Crippen LogP contribution in [0.15, 0.2) is 140 Å². The average molecular weight is 515 g/mol. The largest absolute Gasteiger partial charge is 0.265 e. The van der Waals surface area contributed by atoms with E-state index in [0.29, 0.717) is 0 Å². The zero-order chi connectivity index (χ0) is 25.8. The van der Waals surface area contributed by atoms with Crippen molar-refractivity contribution in [2.45, 2.75) is 0 Å². The van der Waals surface area contributed by atoms with E-state index in [2.05, 4.69) is 125 Å². The van der Waals surface area contributed by atoms with Crippen LogP contribution >= 0.6 is 7.92 Å². The SMILES string of the molecule is c1ccc2cc3c(cc2c1)-c1cccc2c(-c4ccc(P(c5ccncc5)c5ccncc5)cc4)ccc-3c12. The Kier molecular flexibility index (Phi) is 5.14. The molecule has 0 atom stereocenters. The molecule has 0 N–H and O–H groups in total. The summed E-state index contributed by atoms with van der Waals surface area (Å²) in [5, 5.41) is 9.14. The van der Waals surface area contributed by atoms with Gasteiger partial charge in [0.25, 0.3) is 0 Å². The molecule has 39 heavy (non-hydrogen) atoms. The van der Waals surface area contributed by atoms with Crippen LogP contribution in [0.1, 0.15) is 0 Å². The standard InChI is InChI=1S/C36H23N2P/c1-2-5-26-23-35-33-13-12-30(31-6-3-7-32(36(31)33)34(35)22-25(26)4-1)24-8-10-27(11-9-24)39(28-14-18-37-19-15-28)29-16-20-38-21-17-29/h1-23H. The van der Waals surface area contributed by atoms with Crippen LogP contribution in [0.2, 0.25) is 0 Å². The highest BCUT2D eigenvalue weighted by atomic mass is 31.1. The van der Waals surface area contributed by atoms with E-state index in [1.807, 2.05) is 24.8 Å². The van der Waals surface area contributed by atoms with E-state index in [0.717, 1.165) is 0 Å². The Balaban J connectivity index is 1.25. The first kappa shape index (κ1) is 22.3. The van der Waals surface area contributed by atoms with Crippen LogP contribution in [0, 0.1) is 0 Å². The molecule has 0 fully saturated rings. The molecule has 0 saturated carbocycles. The number of rotatable bonds is 4. The fraction of sp³-hybridized carbons (Fsp3) is 0. The van der Waals surface area contributed by atoms with Gasteiger partial charge >= 0.3 is 0 Å². The second-order valence-electron chi connectivity index (χ2n) is 9.93. The van der Waals surface area contributed by atoms with Crippen molar-refractivity contribution in [3.8, 4) is 33.4 Å². The molecular formula is C36H23N2P. The Morgan fingerprint density at radius 1 is 0.410 bits per heavy atom. The van der Waals surface area contributed by atoms with Crippen molar-refractivity contribution in [2.24, 2.45) is 0 Å². The lowest BCUT2D eigenvalue weighted by molar-refractivity contribution is 1.34. The highest BCUT2D eigenvalue weighted by Gasteiger charge is 2.23. The predicted octanol–water partition coefficient (Wildman–Crippen LogP) is 7.86. The molecule has 0 unspecified atom stereocenters. The van der Waals surface area contributed by atoms with E-state index in [-0.39, 0.29) is 0 Å². The van der Waals surface area contributed by atoms with Crippen molar-refractivity contribution in [3.05, 3.63) is 140 Å². The summed E-state index contributed by atoms with van der Waals surface area (Å²) in [6.07, 6.45) is 7.53. The molecule has 8 rings (SSSR count). The minimum absolute atomic E-state index is 0.689. The number of hydrogen-bond donors (Lipinski definition) is 0. The summed E-state index contributed by atoms with van der Waals surface area (Å²) in [7, 11) is -0.689. The molecule has 0 spiro atoms. The van der Waals surface area contributed by atoms with Crippen LogP contribution in [-0.4, -0.2) is 9.97 Å². The predicted molar refractivity (Wildman–Crippen MR) is 166 cm³/mol. The van der Waals surface area contributed by atoms with Gasteiger partial charge in [-0.05, 0) is 115 Å². The molecule has 0 bridgehead atoms. The summed E-state index contributed by atoms with van der Waals surface area (Å²) < 4.78 is 0. The fourth-order valence-corrected chi connectivity index (χ4v) is 8.22. The van der Waals surface area contributed by atoms with E-state index < -0.39 is 7.92 Å². The minimum atomic E-state index is -0.689. The molecule has 0 amide bonds. The first-order valence-corrected chi connectivity index (χ1v) is 14.5. The van der Waals surface area contributed by atoms with Crippen LogP contribution in [0.4, 0.5) is 0 Å². The molecule has 2 aromatic heterocycles. The summed E-state index contributed by atoms with van der Waals surface area (Å²) in [6, 6.07) is 42.4. The number of benzene rings is 5. The van der Waals surface area contributed by atoms with E-state index in [4.69, 9.17) is 0 Å². The number of fused-ring (bicyclic) bond motifs is 4. The lowest BCUT2D eigenvalue weighted by Crippen LogP contribution is -2.20. The zero-order valence-corrected chi connectivity index (χ0v) is 22.0. The maximum atomic E-state index is 4.25. The summed E-state index contributed by atoms with van der Waals surface area (Å²) in [5.41, 5.74) is 7.85. The molecule has 0 radical (unpaired) electrons. The second-order valence-corrected chi connectivity index (χ2v) is 12.1. The average Bonchev–Trinajstić information content (AvgIpc) is 3.32. The molecule has 1 aliphatic rings. The molecule has 3 heteroatoms. The van der Waals surface area contributed by atoms with E-state index in [1.165, 1.54) is 70.8 Å². The molecule has 2 heterocycles. The molecule has 5 aromatic carbocycles. The van der Waals surface area contributed by atoms with Crippen LogP contribution in [-0.2, 0) is 0 Å². The first-order chi connectivity index (χ1) is 19.3. The Bertz CT molecular complexity index is 1910. The number of hydrogen-bond acceptors (Lipinski definition) is 2. The van der Waals surface area contributed by atoms with Gasteiger partial charge in [0.1, 0.15) is 0 Å². The van der Waals surface area contributed by atoms with E-state index >= 15 is 0 Å². The maximum absolute atomic E-state index is 4.25. The monoisotopic (exact) mass is 514 g/mol. The number of aromatic nitrogens is 2. The Morgan fingerprint density at radius 2 is 0.949 bits per heavy atom. The van der Waals surface area contributed by atoms with Crippen molar-refractivity contribution in [2.75, 3.05) is 0 Å². The Hall–Kier alpha value is -4.65. The van der Waals surface area contributed by atoms with Gasteiger partial charge < -0.3 is 0 Å². The Labute approximate surface area is 228 Å². The van der Waals surface area contributed by atoms with Gasteiger partial charge in [0.2, 0.25) is 0 Å². The van der Waals surface area contributed by atoms with Crippen molar-refractivity contribution >= 4 is 45.4 Å². The quantitative estimate of drug-likeness (QED) is 0.224. The van der Waals surface area contributed by atoms with Gasteiger partial charge in [0, 0.05) is 24.8 Å². The lowest BCUT2D eigenvalue weighted by Gasteiger charge is -2.19. The third-order valence-corrected chi connectivity index (χ3v) is 10.2. The third-order valence-electron chi connectivity index (χ3n) is 7.79. The number of nitrogens with zero attached hydrogens (tertiary/aromatic N) is 2. The van der Waals surface area contributed by atoms with Gasteiger partial charge in [-0.1, -0.05) is 78.9 Å². The molecule has 0 aliphatic heterocycles. The normalized spacial score (nSPS) is 11.8. The van der Waals surface area contributed by atoms with Crippen molar-refractivity contribution in [1.82, 2.24) is 9.97 Å². The molecule has 1 aliphatic carbocycles. The van der Waals surface area contributed by atoms with Gasteiger partial charge in [-0.2, -0.15) is 0 Å². The fourth-order valence-electron chi connectivity index (χ4n) is 6.02. The van der Waals surface area contributed by atoms with Crippen LogP contribution < -0.4 is 15.9 Å². The van der Waals surface area contributed by atoms with Gasteiger partial charge in [-0.25, -0.2) is 0 Å². The van der Waals surface area contributed by atoms with Crippen molar-refractivity contribution in [3.63, 3.8) is 0 Å². The molecule has 7 aromatic rings. The first-order valence-electron chi connectivity index (χ1n) is 13.1. The van der Waals surface area contributed by atoms with Crippen LogP contribution in [0.3, 0.4) is 0 Å². The molecular weight excluding hydrogens is 491 g/mol. The molecule has 0 saturated heterocycles. The van der Waals surface area contributed by atoms with Crippen molar-refractivity contribution < 1.29 is 0 Å². The highest BCUT2D eigenvalue weighted by molar-refractivity contribution is 7.79. The minimum Gasteiger partial charge on any atom is -0.265 e. The van der Waals surface area contributed by atoms with Crippen LogP contribution in [0.25, 0.3) is 54.9 Å². The van der Waals surface area contributed by atoms with Crippen LogP contribution in [0.5, 0.6) is 0 Å². The van der Waals surface area contributed by atoms with Gasteiger partial charge in [0.15, 0.2) is 0 Å². The zero-order valence-electron chi connectivity index (χ0n) is 21.1. The summed E-state index contributed by atoms with van der Waals surface area (Å²) in [4.78, 5) is 8.49. The Morgan fingerprint density at radius 3 is 1.56 bits per heavy atom. The summed E-state index contributed by atoms with van der Waals surface area (Å²) >= 11 is 0. The third kappa shape index (κ3) is 3.61. The second kappa shape index (κ2) is 8.98. The van der Waals surface area contributed by atoms with E-state index in [1.54, 1.807) is 0 Å². The maximum Gasteiger partial charge on any atom is 0.0274 e. The molecule has 182 valence electrons. The van der Waals surface area contributed by atoms with Gasteiger partial charge in [-0.3, -0.25) is 9.97 Å². The lowest BCUT2D eigenvalue weighted by atomic mass is 9.94. The summed E-state index contributed by atoms with van der Waals surface area (Å²) in [6.45, 7) is 0. The highest BCUT2D eigenvalue weighted by Crippen LogP contribution is 2.50. The topological polar surface area (TPSA) is 25.8 Å².